The zero-order chi connectivity index (χ0) is 18.2. The molecule has 0 amide bonds. The molecule has 1 rings (SSSR count). The summed E-state index contributed by atoms with van der Waals surface area (Å²) in [4.78, 5) is 0. The lowest BCUT2D eigenvalue weighted by molar-refractivity contribution is 0.449. The fourth-order valence-electron chi connectivity index (χ4n) is 2.83. The molecule has 0 aliphatic heterocycles. The van der Waals surface area contributed by atoms with Gasteiger partial charge in [-0.15, -0.1) is 6.58 Å². The third kappa shape index (κ3) is 12.1. The molecular weight excluding hydrogens is 308 g/mol. The number of unbranched alkanes of at least 4 members (excludes halogenated alkanes) is 8. The fourth-order valence-corrected chi connectivity index (χ4v) is 2.83. The van der Waals surface area contributed by atoms with Crippen LogP contribution in [0.15, 0.2) is 55.2 Å². The summed E-state index contributed by atoms with van der Waals surface area (Å²) < 4.78 is 0. The molecular formula is C23H34O2. The normalized spacial score (nSPS) is 11.5. The number of phenols is 2. The van der Waals surface area contributed by atoms with Crippen molar-refractivity contribution in [3.63, 3.8) is 0 Å². The van der Waals surface area contributed by atoms with Crippen molar-refractivity contribution in [3.8, 4) is 11.5 Å². The molecule has 0 saturated carbocycles. The Bertz CT molecular complexity index is 509. The number of benzene rings is 1. The Morgan fingerprint density at radius 1 is 0.680 bits per heavy atom. The molecule has 0 bridgehead atoms. The Balaban J connectivity index is 1.92. The smallest absolute Gasteiger partial charge is 0.119 e. The maximum absolute atomic E-state index is 9.45. The quantitative estimate of drug-likeness (QED) is 0.221. The molecule has 2 nitrogen and oxygen atoms in total. The summed E-state index contributed by atoms with van der Waals surface area (Å²) in [5, 5.41) is 18.9. The third-order valence-corrected chi connectivity index (χ3v) is 4.21. The Kier molecular flexibility index (Phi) is 12.1. The second kappa shape index (κ2) is 14.4. The molecule has 1 aromatic rings. The van der Waals surface area contributed by atoms with Crippen LogP contribution in [0.25, 0.3) is 0 Å². The summed E-state index contributed by atoms with van der Waals surface area (Å²) in [6.45, 7) is 3.72. The monoisotopic (exact) mass is 342 g/mol. The summed E-state index contributed by atoms with van der Waals surface area (Å²) in [6, 6.07) is 4.84. The first-order chi connectivity index (χ1) is 12.2. The molecule has 1 aromatic carbocycles. The van der Waals surface area contributed by atoms with Crippen molar-refractivity contribution in [2.75, 3.05) is 0 Å². The van der Waals surface area contributed by atoms with Gasteiger partial charge in [0.1, 0.15) is 11.5 Å². The highest BCUT2D eigenvalue weighted by molar-refractivity contribution is 5.36. The second-order valence-electron chi connectivity index (χ2n) is 6.59. The SMILES string of the molecule is C=CCCCC=CC=CCCCCCCCCc1cc(O)cc(O)c1. The van der Waals surface area contributed by atoms with Crippen LogP contribution in [-0.4, -0.2) is 10.2 Å². The summed E-state index contributed by atoms with van der Waals surface area (Å²) in [6.07, 6.45) is 23.7. The van der Waals surface area contributed by atoms with E-state index in [1.54, 1.807) is 12.1 Å². The van der Waals surface area contributed by atoms with E-state index < -0.39 is 0 Å². The lowest BCUT2D eigenvalue weighted by Gasteiger charge is -2.04. The highest BCUT2D eigenvalue weighted by Gasteiger charge is 1.99. The van der Waals surface area contributed by atoms with Gasteiger partial charge >= 0.3 is 0 Å². The van der Waals surface area contributed by atoms with Crippen LogP contribution >= 0.6 is 0 Å². The van der Waals surface area contributed by atoms with Gasteiger partial charge in [0.15, 0.2) is 0 Å². The van der Waals surface area contributed by atoms with Crippen molar-refractivity contribution < 1.29 is 10.2 Å². The van der Waals surface area contributed by atoms with Gasteiger partial charge in [-0.1, -0.05) is 56.1 Å². The van der Waals surface area contributed by atoms with E-state index in [0.717, 1.165) is 31.2 Å². The Hall–Kier alpha value is -1.96. The van der Waals surface area contributed by atoms with Crippen molar-refractivity contribution in [1.82, 2.24) is 0 Å². The van der Waals surface area contributed by atoms with Crippen LogP contribution < -0.4 is 0 Å². The minimum atomic E-state index is 0.148. The van der Waals surface area contributed by atoms with Crippen molar-refractivity contribution in [2.24, 2.45) is 0 Å². The van der Waals surface area contributed by atoms with E-state index in [-0.39, 0.29) is 11.5 Å². The number of aromatic hydroxyl groups is 2. The van der Waals surface area contributed by atoms with Gasteiger partial charge in [-0.25, -0.2) is 0 Å². The molecule has 2 heteroatoms. The van der Waals surface area contributed by atoms with E-state index in [0.29, 0.717) is 0 Å². The van der Waals surface area contributed by atoms with Gasteiger partial charge in [-0.05, 0) is 62.6 Å². The summed E-state index contributed by atoms with van der Waals surface area (Å²) in [5.41, 5.74) is 1.01. The molecule has 0 aromatic heterocycles. The van der Waals surface area contributed by atoms with Crippen LogP contribution in [0.5, 0.6) is 11.5 Å². The molecule has 25 heavy (non-hydrogen) atoms. The summed E-state index contributed by atoms with van der Waals surface area (Å²) in [5.74, 6) is 0.296. The van der Waals surface area contributed by atoms with E-state index in [9.17, 15) is 10.2 Å². The molecule has 0 spiro atoms. The van der Waals surface area contributed by atoms with Gasteiger partial charge < -0.3 is 10.2 Å². The highest BCUT2D eigenvalue weighted by atomic mass is 16.3. The molecule has 0 atom stereocenters. The topological polar surface area (TPSA) is 40.5 Å². The van der Waals surface area contributed by atoms with Crippen molar-refractivity contribution in [1.29, 1.82) is 0 Å². The van der Waals surface area contributed by atoms with Crippen molar-refractivity contribution >= 4 is 0 Å². The maximum Gasteiger partial charge on any atom is 0.119 e. The van der Waals surface area contributed by atoms with Crippen LogP contribution in [0.4, 0.5) is 0 Å². The van der Waals surface area contributed by atoms with Crippen LogP contribution in [0.2, 0.25) is 0 Å². The molecule has 0 heterocycles. The van der Waals surface area contributed by atoms with Gasteiger partial charge in [0.05, 0.1) is 0 Å². The van der Waals surface area contributed by atoms with E-state index in [2.05, 4.69) is 30.9 Å². The van der Waals surface area contributed by atoms with Crippen molar-refractivity contribution in [2.45, 2.75) is 70.6 Å². The molecule has 0 aliphatic rings. The number of rotatable bonds is 14. The largest absolute Gasteiger partial charge is 0.508 e. The third-order valence-electron chi connectivity index (χ3n) is 4.21. The second-order valence-corrected chi connectivity index (χ2v) is 6.59. The van der Waals surface area contributed by atoms with Gasteiger partial charge in [-0.2, -0.15) is 0 Å². The highest BCUT2D eigenvalue weighted by Crippen LogP contribution is 2.22. The molecule has 0 saturated heterocycles. The maximum atomic E-state index is 9.45. The average Bonchev–Trinajstić information content (AvgIpc) is 2.57. The van der Waals surface area contributed by atoms with E-state index in [1.807, 2.05) is 6.08 Å². The summed E-state index contributed by atoms with van der Waals surface area (Å²) in [7, 11) is 0. The van der Waals surface area contributed by atoms with Crippen LogP contribution in [0.1, 0.15) is 69.8 Å². The predicted octanol–water partition coefficient (Wildman–Crippen LogP) is 6.84. The van der Waals surface area contributed by atoms with Gasteiger partial charge in [0, 0.05) is 6.07 Å². The van der Waals surface area contributed by atoms with Crippen LogP contribution in [0, 0.1) is 0 Å². The fraction of sp³-hybridized carbons (Fsp3) is 0.478. The molecule has 0 radical (unpaired) electrons. The van der Waals surface area contributed by atoms with Gasteiger partial charge in [0.25, 0.3) is 0 Å². The predicted molar refractivity (Wildman–Crippen MR) is 108 cm³/mol. The first-order valence-electron chi connectivity index (χ1n) is 9.67. The molecule has 0 fully saturated rings. The van der Waals surface area contributed by atoms with Crippen LogP contribution in [-0.2, 0) is 6.42 Å². The van der Waals surface area contributed by atoms with Gasteiger partial charge in [-0.3, -0.25) is 0 Å². The lowest BCUT2D eigenvalue weighted by Crippen LogP contribution is -1.86. The Morgan fingerprint density at radius 3 is 1.88 bits per heavy atom. The molecule has 0 unspecified atom stereocenters. The number of allylic oxidation sites excluding steroid dienone is 5. The zero-order valence-corrected chi connectivity index (χ0v) is 15.5. The lowest BCUT2D eigenvalue weighted by atomic mass is 10.0. The number of aryl methyl sites for hydroxylation is 1. The van der Waals surface area contributed by atoms with Crippen molar-refractivity contribution in [3.05, 3.63) is 60.7 Å². The van der Waals surface area contributed by atoms with Gasteiger partial charge in [0.2, 0.25) is 0 Å². The van der Waals surface area contributed by atoms with Crippen LogP contribution in [0.3, 0.4) is 0 Å². The first-order valence-corrected chi connectivity index (χ1v) is 9.67. The number of hydrogen-bond acceptors (Lipinski definition) is 2. The first kappa shape index (κ1) is 21.1. The molecule has 138 valence electrons. The minimum Gasteiger partial charge on any atom is -0.508 e. The Labute approximate surface area is 153 Å². The van der Waals surface area contributed by atoms with E-state index in [1.165, 1.54) is 51.0 Å². The van der Waals surface area contributed by atoms with E-state index >= 15 is 0 Å². The Morgan fingerprint density at radius 2 is 1.24 bits per heavy atom. The molecule has 2 N–H and O–H groups in total. The molecule has 0 aliphatic carbocycles. The average molecular weight is 343 g/mol. The minimum absolute atomic E-state index is 0.148. The number of hydrogen-bond donors (Lipinski definition) is 2. The number of phenolic OH excluding ortho intramolecular Hbond substituents is 2. The standard InChI is InChI=1S/C23H34O2/c1-2-3-4-5-6-7-8-9-10-11-12-13-14-15-16-17-21-18-22(24)20-23(25)19-21/h2,6-9,18-20,24-25H,1,3-5,10-17H2. The zero-order valence-electron chi connectivity index (χ0n) is 15.5. The van der Waals surface area contributed by atoms with E-state index in [4.69, 9.17) is 0 Å². The summed E-state index contributed by atoms with van der Waals surface area (Å²) >= 11 is 0.